The Morgan fingerprint density at radius 2 is 1.75 bits per heavy atom. The summed E-state index contributed by atoms with van der Waals surface area (Å²) >= 11 is 0. The number of esters is 1. The first kappa shape index (κ1) is 19.5. The van der Waals surface area contributed by atoms with Crippen LogP contribution in [-0.2, 0) is 11.2 Å². The molecule has 0 saturated carbocycles. The SMILES string of the molecule is CCCCc1ccc(C(=O)COC(=O)c2nc(-c3ccccc3)oc2C)cc1. The third kappa shape index (κ3) is 4.74. The van der Waals surface area contributed by atoms with E-state index in [1.807, 2.05) is 42.5 Å². The fraction of sp³-hybridized carbons (Fsp3) is 0.261. The molecule has 0 radical (unpaired) electrons. The van der Waals surface area contributed by atoms with Gasteiger partial charge in [-0.2, -0.15) is 0 Å². The zero-order chi connectivity index (χ0) is 19.9. The highest BCUT2D eigenvalue weighted by Gasteiger charge is 2.20. The van der Waals surface area contributed by atoms with Gasteiger partial charge in [-0.05, 0) is 37.5 Å². The monoisotopic (exact) mass is 377 g/mol. The maximum Gasteiger partial charge on any atom is 0.361 e. The Kier molecular flexibility index (Phi) is 6.37. The van der Waals surface area contributed by atoms with Gasteiger partial charge in [0.1, 0.15) is 5.76 Å². The minimum Gasteiger partial charge on any atom is -0.452 e. The van der Waals surface area contributed by atoms with Gasteiger partial charge in [0, 0.05) is 11.1 Å². The molecule has 0 spiro atoms. The maximum absolute atomic E-state index is 12.3. The molecule has 2 aromatic carbocycles. The van der Waals surface area contributed by atoms with Gasteiger partial charge in [0.05, 0.1) is 0 Å². The summed E-state index contributed by atoms with van der Waals surface area (Å²) in [5, 5.41) is 0. The number of carbonyl (C=O) groups is 2. The van der Waals surface area contributed by atoms with E-state index in [-0.39, 0.29) is 18.1 Å². The molecule has 5 heteroatoms. The molecule has 1 aromatic heterocycles. The van der Waals surface area contributed by atoms with E-state index in [0.29, 0.717) is 17.2 Å². The number of hydrogen-bond donors (Lipinski definition) is 0. The predicted octanol–water partition coefficient (Wildman–Crippen LogP) is 5.03. The van der Waals surface area contributed by atoms with Crippen LogP contribution in [0, 0.1) is 6.92 Å². The first-order chi connectivity index (χ1) is 13.6. The van der Waals surface area contributed by atoms with E-state index in [4.69, 9.17) is 9.15 Å². The van der Waals surface area contributed by atoms with Crippen molar-refractivity contribution in [2.75, 3.05) is 6.61 Å². The van der Waals surface area contributed by atoms with Crippen molar-refractivity contribution in [3.05, 3.63) is 77.2 Å². The molecule has 0 unspecified atom stereocenters. The van der Waals surface area contributed by atoms with E-state index >= 15 is 0 Å². The van der Waals surface area contributed by atoms with Crippen molar-refractivity contribution in [2.24, 2.45) is 0 Å². The number of rotatable bonds is 8. The second kappa shape index (κ2) is 9.13. The average molecular weight is 377 g/mol. The van der Waals surface area contributed by atoms with E-state index in [1.165, 1.54) is 5.56 Å². The summed E-state index contributed by atoms with van der Waals surface area (Å²) in [7, 11) is 0. The Bertz CT molecular complexity index is 942. The molecule has 144 valence electrons. The largest absolute Gasteiger partial charge is 0.452 e. The Labute approximate surface area is 164 Å². The number of aryl methyl sites for hydroxylation is 2. The minimum atomic E-state index is -0.670. The van der Waals surface area contributed by atoms with Gasteiger partial charge in [0.2, 0.25) is 5.89 Å². The molecule has 3 aromatic rings. The van der Waals surface area contributed by atoms with Crippen molar-refractivity contribution in [1.82, 2.24) is 4.98 Å². The molecule has 0 aliphatic carbocycles. The molecule has 0 saturated heterocycles. The number of aromatic nitrogens is 1. The average Bonchev–Trinajstić information content (AvgIpc) is 3.13. The number of unbranched alkanes of at least 4 members (excludes halogenated alkanes) is 1. The molecule has 5 nitrogen and oxygen atoms in total. The van der Waals surface area contributed by atoms with Crippen molar-refractivity contribution in [3.63, 3.8) is 0 Å². The minimum absolute atomic E-state index is 0.0848. The summed E-state index contributed by atoms with van der Waals surface area (Å²) in [6.07, 6.45) is 3.24. The molecule has 3 rings (SSSR count). The van der Waals surface area contributed by atoms with Gasteiger partial charge in [0.15, 0.2) is 18.1 Å². The van der Waals surface area contributed by atoms with Crippen molar-refractivity contribution in [3.8, 4) is 11.5 Å². The van der Waals surface area contributed by atoms with Crippen molar-refractivity contribution >= 4 is 11.8 Å². The Morgan fingerprint density at radius 1 is 1.04 bits per heavy atom. The molecular formula is C23H23NO4. The van der Waals surface area contributed by atoms with Gasteiger partial charge in [-0.15, -0.1) is 0 Å². The van der Waals surface area contributed by atoms with Crippen LogP contribution >= 0.6 is 0 Å². The number of oxazole rings is 1. The van der Waals surface area contributed by atoms with Gasteiger partial charge in [-0.25, -0.2) is 9.78 Å². The Hall–Kier alpha value is -3.21. The number of Topliss-reactive ketones (excluding diaryl/α,β-unsaturated/α-hetero) is 1. The first-order valence-corrected chi connectivity index (χ1v) is 9.40. The molecule has 1 heterocycles. The van der Waals surface area contributed by atoms with Crippen LogP contribution in [-0.4, -0.2) is 23.3 Å². The first-order valence-electron chi connectivity index (χ1n) is 9.40. The fourth-order valence-corrected chi connectivity index (χ4v) is 2.81. The molecule has 0 aliphatic rings. The van der Waals surface area contributed by atoms with Crippen LogP contribution in [0.2, 0.25) is 0 Å². The van der Waals surface area contributed by atoms with Gasteiger partial charge in [-0.3, -0.25) is 4.79 Å². The predicted molar refractivity (Wildman–Crippen MR) is 106 cm³/mol. The van der Waals surface area contributed by atoms with Gasteiger partial charge in [0.25, 0.3) is 0 Å². The molecule has 0 fully saturated rings. The number of carbonyl (C=O) groups excluding carboxylic acids is 2. The third-order valence-electron chi connectivity index (χ3n) is 4.44. The zero-order valence-corrected chi connectivity index (χ0v) is 16.1. The highest BCUT2D eigenvalue weighted by Crippen LogP contribution is 2.22. The van der Waals surface area contributed by atoms with Gasteiger partial charge >= 0.3 is 5.97 Å². The van der Waals surface area contributed by atoms with E-state index in [9.17, 15) is 9.59 Å². The van der Waals surface area contributed by atoms with Gasteiger partial charge < -0.3 is 9.15 Å². The molecule has 0 amide bonds. The summed E-state index contributed by atoms with van der Waals surface area (Å²) in [4.78, 5) is 28.8. The molecule has 0 N–H and O–H groups in total. The Morgan fingerprint density at radius 3 is 2.43 bits per heavy atom. The maximum atomic E-state index is 12.3. The highest BCUT2D eigenvalue weighted by molar-refractivity contribution is 5.99. The lowest BCUT2D eigenvalue weighted by Crippen LogP contribution is -2.15. The number of ketones is 1. The van der Waals surface area contributed by atoms with Crippen LogP contribution in [0.5, 0.6) is 0 Å². The van der Waals surface area contributed by atoms with Crippen LogP contribution in [0.3, 0.4) is 0 Å². The van der Waals surface area contributed by atoms with E-state index in [0.717, 1.165) is 24.8 Å². The normalized spacial score (nSPS) is 10.6. The number of nitrogens with zero attached hydrogens (tertiary/aromatic N) is 1. The van der Waals surface area contributed by atoms with Crippen LogP contribution < -0.4 is 0 Å². The quantitative estimate of drug-likeness (QED) is 0.407. The van der Waals surface area contributed by atoms with E-state index in [2.05, 4.69) is 11.9 Å². The number of hydrogen-bond acceptors (Lipinski definition) is 5. The Balaban J connectivity index is 1.61. The smallest absolute Gasteiger partial charge is 0.361 e. The summed E-state index contributed by atoms with van der Waals surface area (Å²) in [6.45, 7) is 3.46. The molecule has 28 heavy (non-hydrogen) atoms. The second-order valence-electron chi connectivity index (χ2n) is 6.59. The van der Waals surface area contributed by atoms with Gasteiger partial charge in [-0.1, -0.05) is 55.8 Å². The lowest BCUT2D eigenvalue weighted by molar-refractivity contribution is 0.0468. The number of ether oxygens (including phenoxy) is 1. The van der Waals surface area contributed by atoms with Crippen LogP contribution in [0.15, 0.2) is 59.0 Å². The molecule has 0 bridgehead atoms. The highest BCUT2D eigenvalue weighted by atomic mass is 16.5. The molecular weight excluding hydrogens is 354 g/mol. The molecule has 0 aliphatic heterocycles. The van der Waals surface area contributed by atoms with Crippen LogP contribution in [0.25, 0.3) is 11.5 Å². The fourth-order valence-electron chi connectivity index (χ4n) is 2.81. The standard InChI is InChI=1S/C23H23NO4/c1-3-4-8-17-11-13-18(14-12-17)20(25)15-27-23(26)21-16(2)28-22(24-21)19-9-6-5-7-10-19/h5-7,9-14H,3-4,8,15H2,1-2H3. The van der Waals surface area contributed by atoms with Crippen molar-refractivity contribution in [2.45, 2.75) is 33.1 Å². The van der Waals surface area contributed by atoms with E-state index in [1.54, 1.807) is 19.1 Å². The number of benzene rings is 2. The lowest BCUT2D eigenvalue weighted by Gasteiger charge is -2.04. The van der Waals surface area contributed by atoms with Crippen molar-refractivity contribution in [1.29, 1.82) is 0 Å². The zero-order valence-electron chi connectivity index (χ0n) is 16.1. The summed E-state index contributed by atoms with van der Waals surface area (Å²) in [5.74, 6) is -0.216. The summed E-state index contributed by atoms with van der Waals surface area (Å²) in [5.41, 5.74) is 2.57. The second-order valence-corrected chi connectivity index (χ2v) is 6.59. The van der Waals surface area contributed by atoms with Crippen LogP contribution in [0.1, 0.15) is 51.9 Å². The van der Waals surface area contributed by atoms with Crippen molar-refractivity contribution < 1.29 is 18.7 Å². The third-order valence-corrected chi connectivity index (χ3v) is 4.44. The topological polar surface area (TPSA) is 69.4 Å². The van der Waals surface area contributed by atoms with E-state index < -0.39 is 5.97 Å². The lowest BCUT2D eigenvalue weighted by atomic mass is 10.0. The van der Waals surface area contributed by atoms with Crippen LogP contribution in [0.4, 0.5) is 0 Å². The summed E-state index contributed by atoms with van der Waals surface area (Å²) in [6, 6.07) is 16.7. The molecule has 0 atom stereocenters. The summed E-state index contributed by atoms with van der Waals surface area (Å²) < 4.78 is 10.7.